The number of amides is 2. The van der Waals surface area contributed by atoms with Crippen LogP contribution in [0.4, 0.5) is 11.4 Å². The molecule has 4 nitrogen and oxygen atoms in total. The number of rotatable bonds is 4. The Hall–Kier alpha value is -1.84. The van der Waals surface area contributed by atoms with E-state index in [9.17, 15) is 9.59 Å². The van der Waals surface area contributed by atoms with Crippen molar-refractivity contribution in [3.8, 4) is 0 Å². The molecule has 1 fully saturated rings. The number of likely N-dealkylation sites (N-methyl/N-ethyl adjacent to an activating group) is 1. The summed E-state index contributed by atoms with van der Waals surface area (Å²) in [6.07, 6.45) is 7.22. The largest absolute Gasteiger partial charge is 0.326 e. The molecular formula is C17H22N2O2. The lowest BCUT2D eigenvalue weighted by molar-refractivity contribution is -0.117. The summed E-state index contributed by atoms with van der Waals surface area (Å²) in [7, 11) is 1.79. The van der Waals surface area contributed by atoms with E-state index >= 15 is 0 Å². The van der Waals surface area contributed by atoms with Gasteiger partial charge in [0, 0.05) is 24.8 Å². The van der Waals surface area contributed by atoms with Gasteiger partial charge in [-0.15, -0.1) is 0 Å². The molecule has 0 spiro atoms. The highest BCUT2D eigenvalue weighted by Gasteiger charge is 2.24. The first-order valence-corrected chi connectivity index (χ1v) is 7.83. The van der Waals surface area contributed by atoms with Gasteiger partial charge < -0.3 is 10.2 Å². The number of carbonyl (C=O) groups excluding carboxylic acids is 2. The van der Waals surface area contributed by atoms with Crippen molar-refractivity contribution in [1.82, 2.24) is 0 Å². The van der Waals surface area contributed by atoms with Gasteiger partial charge in [0.15, 0.2) is 0 Å². The Labute approximate surface area is 125 Å². The molecule has 112 valence electrons. The zero-order valence-corrected chi connectivity index (χ0v) is 12.5. The number of benzene rings is 1. The van der Waals surface area contributed by atoms with Crippen LogP contribution in [0.1, 0.15) is 44.1 Å². The van der Waals surface area contributed by atoms with Crippen molar-refractivity contribution in [2.75, 3.05) is 17.3 Å². The number of hydrogen-bond acceptors (Lipinski definition) is 2. The van der Waals surface area contributed by atoms with Gasteiger partial charge in [-0.2, -0.15) is 0 Å². The van der Waals surface area contributed by atoms with Crippen LogP contribution in [-0.2, 0) is 16.0 Å². The lowest BCUT2D eigenvalue weighted by Crippen LogP contribution is -2.20. The molecule has 1 aromatic rings. The van der Waals surface area contributed by atoms with Crippen molar-refractivity contribution in [3.05, 3.63) is 23.8 Å². The fraction of sp³-hybridized carbons (Fsp3) is 0.529. The summed E-state index contributed by atoms with van der Waals surface area (Å²) in [5.41, 5.74) is 2.74. The quantitative estimate of drug-likeness (QED) is 0.924. The van der Waals surface area contributed by atoms with Crippen LogP contribution in [0.25, 0.3) is 0 Å². The van der Waals surface area contributed by atoms with Crippen molar-refractivity contribution in [2.24, 2.45) is 5.92 Å². The molecule has 1 N–H and O–H groups in total. The van der Waals surface area contributed by atoms with Crippen molar-refractivity contribution in [1.29, 1.82) is 0 Å². The molecule has 4 heteroatoms. The second kappa shape index (κ2) is 5.88. The third kappa shape index (κ3) is 3.09. The number of carbonyl (C=O) groups is 2. The maximum Gasteiger partial charge on any atom is 0.231 e. The number of fused-ring (bicyclic) bond motifs is 1. The number of nitrogens with one attached hydrogen (secondary N) is 1. The average molecular weight is 286 g/mol. The minimum Gasteiger partial charge on any atom is -0.326 e. The summed E-state index contributed by atoms with van der Waals surface area (Å²) in [4.78, 5) is 25.3. The summed E-state index contributed by atoms with van der Waals surface area (Å²) in [6.45, 7) is 0. The molecule has 0 radical (unpaired) electrons. The summed E-state index contributed by atoms with van der Waals surface area (Å²) in [5, 5.41) is 2.96. The first-order valence-electron chi connectivity index (χ1n) is 7.83. The molecule has 3 rings (SSSR count). The second-order valence-electron chi connectivity index (χ2n) is 6.21. The van der Waals surface area contributed by atoms with Gasteiger partial charge in [-0.25, -0.2) is 0 Å². The molecular weight excluding hydrogens is 264 g/mol. The fourth-order valence-corrected chi connectivity index (χ4v) is 3.41. The lowest BCUT2D eigenvalue weighted by Gasteiger charge is -2.12. The van der Waals surface area contributed by atoms with Crippen LogP contribution in [0.3, 0.4) is 0 Å². The minimum absolute atomic E-state index is 0.0829. The van der Waals surface area contributed by atoms with E-state index in [1.807, 2.05) is 18.2 Å². The predicted octanol–water partition coefficient (Wildman–Crippen LogP) is 3.11. The molecule has 1 aromatic carbocycles. The fourth-order valence-electron chi connectivity index (χ4n) is 3.41. The molecule has 0 bridgehead atoms. The minimum atomic E-state index is 0.0829. The smallest absolute Gasteiger partial charge is 0.231 e. The molecule has 1 aliphatic heterocycles. The van der Waals surface area contributed by atoms with E-state index in [2.05, 4.69) is 5.32 Å². The van der Waals surface area contributed by atoms with E-state index < -0.39 is 0 Å². The summed E-state index contributed by atoms with van der Waals surface area (Å²) < 4.78 is 0. The monoisotopic (exact) mass is 286 g/mol. The molecule has 0 saturated heterocycles. The first kappa shape index (κ1) is 14.1. The maximum atomic E-state index is 12.0. The Morgan fingerprint density at radius 3 is 2.86 bits per heavy atom. The van der Waals surface area contributed by atoms with Crippen LogP contribution in [0.2, 0.25) is 0 Å². The molecule has 0 unspecified atom stereocenters. The van der Waals surface area contributed by atoms with Crippen LogP contribution in [0, 0.1) is 5.92 Å². The lowest BCUT2D eigenvalue weighted by atomic mass is 10.0. The van der Waals surface area contributed by atoms with E-state index in [-0.39, 0.29) is 11.8 Å². The van der Waals surface area contributed by atoms with E-state index in [4.69, 9.17) is 0 Å². The first-order chi connectivity index (χ1) is 10.1. The maximum absolute atomic E-state index is 12.0. The van der Waals surface area contributed by atoms with Gasteiger partial charge >= 0.3 is 0 Å². The molecule has 1 aliphatic carbocycles. The molecule has 2 aliphatic rings. The number of anilines is 2. The normalized spacial score (nSPS) is 18.1. The van der Waals surface area contributed by atoms with Crippen LogP contribution in [0.5, 0.6) is 0 Å². The summed E-state index contributed by atoms with van der Waals surface area (Å²) >= 11 is 0. The predicted molar refractivity (Wildman–Crippen MR) is 83.4 cm³/mol. The molecule has 1 heterocycles. The number of hydrogen-bond donors (Lipinski definition) is 1. The van der Waals surface area contributed by atoms with E-state index in [1.54, 1.807) is 11.9 Å². The Balaban J connectivity index is 1.57. The van der Waals surface area contributed by atoms with Gasteiger partial charge in [-0.1, -0.05) is 25.7 Å². The van der Waals surface area contributed by atoms with E-state index in [0.29, 0.717) is 12.8 Å². The van der Waals surface area contributed by atoms with Crippen molar-refractivity contribution in [2.45, 2.75) is 44.9 Å². The molecule has 0 atom stereocenters. The van der Waals surface area contributed by atoms with Crippen molar-refractivity contribution < 1.29 is 9.59 Å². The highest BCUT2D eigenvalue weighted by Crippen LogP contribution is 2.31. The Morgan fingerprint density at radius 2 is 2.10 bits per heavy atom. The van der Waals surface area contributed by atoms with Gasteiger partial charge in [0.1, 0.15) is 0 Å². The third-order valence-corrected chi connectivity index (χ3v) is 4.69. The van der Waals surface area contributed by atoms with Crippen molar-refractivity contribution >= 4 is 23.2 Å². The summed E-state index contributed by atoms with van der Waals surface area (Å²) in [5.74, 6) is 0.927. The van der Waals surface area contributed by atoms with Gasteiger partial charge in [0.25, 0.3) is 0 Å². The molecule has 21 heavy (non-hydrogen) atoms. The average Bonchev–Trinajstić information content (AvgIpc) is 3.06. The summed E-state index contributed by atoms with van der Waals surface area (Å²) in [6, 6.07) is 5.71. The second-order valence-corrected chi connectivity index (χ2v) is 6.21. The van der Waals surface area contributed by atoms with Crippen LogP contribution in [-0.4, -0.2) is 18.9 Å². The van der Waals surface area contributed by atoms with Gasteiger partial charge in [0.05, 0.1) is 6.42 Å². The van der Waals surface area contributed by atoms with Crippen LogP contribution < -0.4 is 10.2 Å². The van der Waals surface area contributed by atoms with E-state index in [1.165, 1.54) is 25.7 Å². The van der Waals surface area contributed by atoms with Crippen LogP contribution >= 0.6 is 0 Å². The van der Waals surface area contributed by atoms with Gasteiger partial charge in [0.2, 0.25) is 11.8 Å². The SMILES string of the molecule is CN1C(=O)Cc2cc(NC(=O)CCC3CCCC3)ccc21. The zero-order chi connectivity index (χ0) is 14.8. The van der Waals surface area contributed by atoms with Crippen LogP contribution in [0.15, 0.2) is 18.2 Å². The highest BCUT2D eigenvalue weighted by molar-refractivity contribution is 6.02. The Morgan fingerprint density at radius 1 is 1.33 bits per heavy atom. The van der Waals surface area contributed by atoms with Crippen molar-refractivity contribution in [3.63, 3.8) is 0 Å². The van der Waals surface area contributed by atoms with E-state index in [0.717, 1.165) is 29.3 Å². The van der Waals surface area contributed by atoms with Gasteiger partial charge in [-0.05, 0) is 36.1 Å². The zero-order valence-electron chi connectivity index (χ0n) is 12.5. The molecule has 1 saturated carbocycles. The standard InChI is InChI=1S/C17H22N2O2/c1-19-15-8-7-14(10-13(15)11-17(19)21)18-16(20)9-6-12-4-2-3-5-12/h7-8,10,12H,2-6,9,11H2,1H3,(H,18,20). The Kier molecular flexibility index (Phi) is 3.95. The topological polar surface area (TPSA) is 49.4 Å². The third-order valence-electron chi connectivity index (χ3n) is 4.69. The van der Waals surface area contributed by atoms with Gasteiger partial charge in [-0.3, -0.25) is 9.59 Å². The Bertz CT molecular complexity index is 562. The molecule has 0 aromatic heterocycles. The number of nitrogens with zero attached hydrogens (tertiary/aromatic N) is 1. The molecule has 2 amide bonds. The highest BCUT2D eigenvalue weighted by atomic mass is 16.2.